The summed E-state index contributed by atoms with van der Waals surface area (Å²) in [6.07, 6.45) is 2.46. The van der Waals surface area contributed by atoms with Crippen LogP contribution in [0, 0.1) is 13.8 Å². The molecule has 1 amide bonds. The molecule has 0 aliphatic carbocycles. The van der Waals surface area contributed by atoms with Gasteiger partial charge in [0.2, 0.25) is 5.91 Å². The Hall–Kier alpha value is -2.76. The molecule has 6 heteroatoms. The van der Waals surface area contributed by atoms with Crippen molar-refractivity contribution < 1.29 is 23.8 Å². The van der Waals surface area contributed by atoms with Gasteiger partial charge in [0.1, 0.15) is 23.1 Å². The monoisotopic (exact) mass is 359 g/mol. The van der Waals surface area contributed by atoms with Crippen molar-refractivity contribution in [3.63, 3.8) is 0 Å². The number of hydrogen-bond donors (Lipinski definition) is 2. The number of carboxylic acids is 1. The number of carbonyl (C=O) groups excluding carboxylic acids is 1. The van der Waals surface area contributed by atoms with Crippen LogP contribution in [-0.4, -0.2) is 30.1 Å². The summed E-state index contributed by atoms with van der Waals surface area (Å²) < 4.78 is 11.2. The van der Waals surface area contributed by atoms with Gasteiger partial charge in [-0.1, -0.05) is 13.3 Å². The smallest absolute Gasteiger partial charge is 0.326 e. The summed E-state index contributed by atoms with van der Waals surface area (Å²) in [5.41, 5.74) is 3.21. The van der Waals surface area contributed by atoms with Crippen molar-refractivity contribution >= 4 is 28.4 Å². The second-order valence-electron chi connectivity index (χ2n) is 6.35. The molecule has 2 rings (SSSR count). The first kappa shape index (κ1) is 19.6. The van der Waals surface area contributed by atoms with E-state index in [0.29, 0.717) is 24.2 Å². The molecule has 0 saturated heterocycles. The van der Waals surface area contributed by atoms with Crippen molar-refractivity contribution in [2.24, 2.45) is 0 Å². The lowest BCUT2D eigenvalue weighted by Gasteiger charge is -2.13. The summed E-state index contributed by atoms with van der Waals surface area (Å²) in [7, 11) is 1.56. The number of carbonyl (C=O) groups is 2. The predicted molar refractivity (Wildman–Crippen MR) is 100 cm³/mol. The Morgan fingerprint density at radius 1 is 1.35 bits per heavy atom. The summed E-state index contributed by atoms with van der Waals surface area (Å²) in [6, 6.07) is 2.84. The van der Waals surface area contributed by atoms with E-state index in [9.17, 15) is 14.7 Å². The van der Waals surface area contributed by atoms with Crippen molar-refractivity contribution in [3.05, 3.63) is 35.1 Å². The first-order chi connectivity index (χ1) is 12.3. The van der Waals surface area contributed by atoms with Gasteiger partial charge in [-0.25, -0.2) is 4.79 Å². The first-order valence-electron chi connectivity index (χ1n) is 8.58. The molecular formula is C20H25NO5. The molecule has 1 heterocycles. The number of hydrogen-bond acceptors (Lipinski definition) is 4. The van der Waals surface area contributed by atoms with Gasteiger partial charge in [0.25, 0.3) is 0 Å². The van der Waals surface area contributed by atoms with Crippen LogP contribution in [-0.2, 0) is 9.59 Å². The van der Waals surface area contributed by atoms with E-state index in [1.165, 1.54) is 6.08 Å². The molecule has 0 aliphatic heterocycles. The van der Waals surface area contributed by atoms with E-state index in [4.69, 9.17) is 9.15 Å². The SMILES string of the molecule is CCCC(NC(=O)/C=C(\C)c1cc2c(C)c(C)oc2cc1OC)C(=O)O. The zero-order valence-electron chi connectivity index (χ0n) is 15.8. The van der Waals surface area contributed by atoms with Gasteiger partial charge in [0, 0.05) is 23.1 Å². The highest BCUT2D eigenvalue weighted by Crippen LogP contribution is 2.34. The van der Waals surface area contributed by atoms with Gasteiger partial charge >= 0.3 is 5.97 Å². The van der Waals surface area contributed by atoms with Crippen LogP contribution in [0.1, 0.15) is 43.6 Å². The van der Waals surface area contributed by atoms with Gasteiger partial charge in [-0.2, -0.15) is 0 Å². The number of aliphatic carboxylic acids is 1. The molecule has 1 aromatic carbocycles. The van der Waals surface area contributed by atoms with Crippen molar-refractivity contribution in [2.45, 2.75) is 46.6 Å². The van der Waals surface area contributed by atoms with E-state index in [-0.39, 0.29) is 0 Å². The molecule has 0 spiro atoms. The molecule has 1 unspecified atom stereocenters. The van der Waals surface area contributed by atoms with Crippen LogP contribution in [0.4, 0.5) is 0 Å². The fourth-order valence-corrected chi connectivity index (χ4v) is 2.88. The topological polar surface area (TPSA) is 88.8 Å². The Balaban J connectivity index is 2.36. The fraction of sp³-hybridized carbons (Fsp3) is 0.400. The molecule has 2 aromatic rings. The molecular weight excluding hydrogens is 334 g/mol. The highest BCUT2D eigenvalue weighted by molar-refractivity contribution is 5.98. The Morgan fingerprint density at radius 2 is 2.04 bits per heavy atom. The van der Waals surface area contributed by atoms with Gasteiger partial charge in [0.05, 0.1) is 7.11 Å². The number of ether oxygens (including phenoxy) is 1. The van der Waals surface area contributed by atoms with Crippen molar-refractivity contribution in [1.82, 2.24) is 5.32 Å². The molecule has 0 radical (unpaired) electrons. The second-order valence-corrected chi connectivity index (χ2v) is 6.35. The number of furan rings is 1. The standard InChI is InChI=1S/C20H25NO5/c1-6-7-16(20(23)24)21-19(22)8-11(2)14-9-15-12(3)13(4)26-18(15)10-17(14)25-5/h8-10,16H,6-7H2,1-5H3,(H,21,22)(H,23,24)/b11-8+. The molecule has 2 N–H and O–H groups in total. The minimum absolute atomic E-state index is 0.386. The quantitative estimate of drug-likeness (QED) is 0.734. The fourth-order valence-electron chi connectivity index (χ4n) is 2.88. The predicted octanol–water partition coefficient (Wildman–Crippen LogP) is 3.83. The number of benzene rings is 1. The van der Waals surface area contributed by atoms with E-state index in [0.717, 1.165) is 27.9 Å². The van der Waals surface area contributed by atoms with Gasteiger partial charge in [-0.15, -0.1) is 0 Å². The number of amides is 1. The van der Waals surface area contributed by atoms with E-state index < -0.39 is 17.9 Å². The summed E-state index contributed by atoms with van der Waals surface area (Å²) in [6.45, 7) is 7.54. The highest BCUT2D eigenvalue weighted by Gasteiger charge is 2.19. The number of carboxylic acid groups (broad SMARTS) is 1. The molecule has 0 aliphatic rings. The number of rotatable bonds is 7. The average Bonchev–Trinajstić information content (AvgIpc) is 2.86. The summed E-state index contributed by atoms with van der Waals surface area (Å²) >= 11 is 0. The van der Waals surface area contributed by atoms with Crippen LogP contribution < -0.4 is 10.1 Å². The Morgan fingerprint density at radius 3 is 2.62 bits per heavy atom. The third kappa shape index (κ3) is 4.07. The van der Waals surface area contributed by atoms with E-state index in [1.807, 2.05) is 26.8 Å². The number of nitrogens with one attached hydrogen (secondary N) is 1. The second kappa shape index (κ2) is 8.08. The van der Waals surface area contributed by atoms with Crippen LogP contribution in [0.25, 0.3) is 16.5 Å². The van der Waals surface area contributed by atoms with Crippen LogP contribution >= 0.6 is 0 Å². The number of aryl methyl sites for hydroxylation is 2. The lowest BCUT2D eigenvalue weighted by Crippen LogP contribution is -2.39. The molecule has 1 aromatic heterocycles. The number of fused-ring (bicyclic) bond motifs is 1. The summed E-state index contributed by atoms with van der Waals surface area (Å²) in [5, 5.41) is 12.7. The van der Waals surface area contributed by atoms with Crippen molar-refractivity contribution in [1.29, 1.82) is 0 Å². The molecule has 6 nitrogen and oxygen atoms in total. The lowest BCUT2D eigenvalue weighted by atomic mass is 10.0. The normalized spacial score (nSPS) is 12.9. The minimum atomic E-state index is -1.03. The molecule has 26 heavy (non-hydrogen) atoms. The Kier molecular flexibility index (Phi) is 6.08. The van der Waals surface area contributed by atoms with Crippen LogP contribution in [0.5, 0.6) is 5.75 Å². The Labute approximate surface area is 152 Å². The van der Waals surface area contributed by atoms with Crippen molar-refractivity contribution in [2.75, 3.05) is 7.11 Å². The van der Waals surface area contributed by atoms with Gasteiger partial charge < -0.3 is 19.6 Å². The van der Waals surface area contributed by atoms with Gasteiger partial charge in [0.15, 0.2) is 0 Å². The number of methoxy groups -OCH3 is 1. The van der Waals surface area contributed by atoms with Crippen LogP contribution in [0.3, 0.4) is 0 Å². The molecule has 0 fully saturated rings. The summed E-state index contributed by atoms with van der Waals surface area (Å²) in [5.74, 6) is -0.0427. The highest BCUT2D eigenvalue weighted by atomic mass is 16.5. The third-order valence-corrected chi connectivity index (χ3v) is 4.46. The van der Waals surface area contributed by atoms with E-state index >= 15 is 0 Å². The molecule has 0 saturated carbocycles. The third-order valence-electron chi connectivity index (χ3n) is 4.46. The Bertz CT molecular complexity index is 863. The summed E-state index contributed by atoms with van der Waals surface area (Å²) in [4.78, 5) is 23.4. The average molecular weight is 359 g/mol. The maximum absolute atomic E-state index is 12.2. The van der Waals surface area contributed by atoms with Crippen molar-refractivity contribution in [3.8, 4) is 5.75 Å². The zero-order chi connectivity index (χ0) is 19.4. The molecule has 1 atom stereocenters. The lowest BCUT2D eigenvalue weighted by molar-refractivity contribution is -0.141. The minimum Gasteiger partial charge on any atom is -0.496 e. The van der Waals surface area contributed by atoms with Gasteiger partial charge in [-0.3, -0.25) is 4.79 Å². The molecule has 140 valence electrons. The van der Waals surface area contributed by atoms with Crippen LogP contribution in [0.15, 0.2) is 22.6 Å². The maximum Gasteiger partial charge on any atom is 0.326 e. The van der Waals surface area contributed by atoms with E-state index in [1.54, 1.807) is 20.1 Å². The maximum atomic E-state index is 12.2. The van der Waals surface area contributed by atoms with E-state index in [2.05, 4.69) is 5.32 Å². The largest absolute Gasteiger partial charge is 0.496 e. The number of allylic oxidation sites excluding steroid dienone is 1. The first-order valence-corrected chi connectivity index (χ1v) is 8.58. The van der Waals surface area contributed by atoms with Crippen LogP contribution in [0.2, 0.25) is 0 Å². The zero-order valence-corrected chi connectivity index (χ0v) is 15.8. The van der Waals surface area contributed by atoms with Gasteiger partial charge in [-0.05, 0) is 44.4 Å². The molecule has 0 bridgehead atoms.